The number of para-hydroxylation sites is 1. The van der Waals surface area contributed by atoms with Gasteiger partial charge in [0.2, 0.25) is 11.8 Å². The first-order chi connectivity index (χ1) is 23.2. The van der Waals surface area contributed by atoms with E-state index >= 15 is 0 Å². The van der Waals surface area contributed by atoms with Crippen molar-refractivity contribution in [2.24, 2.45) is 0 Å². The Morgan fingerprint density at radius 2 is 1.33 bits per heavy atom. The van der Waals surface area contributed by atoms with Crippen molar-refractivity contribution in [3.05, 3.63) is 155 Å². The minimum Gasteiger partial charge on any atom is -0.457 e. The maximum atomic E-state index is 14.5. The number of nitrogens with zero attached hydrogens (tertiary/aromatic N) is 2. The Morgan fingerprint density at radius 1 is 0.750 bits per heavy atom. The van der Waals surface area contributed by atoms with Gasteiger partial charge in [0.15, 0.2) is 0 Å². The third-order valence-electron chi connectivity index (χ3n) is 7.58. The molecule has 5 rings (SSSR count). The minimum absolute atomic E-state index is 0.0329. The van der Waals surface area contributed by atoms with E-state index < -0.39 is 28.5 Å². The molecular formula is C38H36BrN3O5S. The summed E-state index contributed by atoms with van der Waals surface area (Å²) in [6.07, 6.45) is 0.239. The van der Waals surface area contributed by atoms with E-state index in [4.69, 9.17) is 4.74 Å². The van der Waals surface area contributed by atoms with Crippen LogP contribution in [0.1, 0.15) is 18.1 Å². The van der Waals surface area contributed by atoms with E-state index in [0.717, 1.165) is 19.9 Å². The molecule has 10 heteroatoms. The largest absolute Gasteiger partial charge is 0.457 e. The summed E-state index contributed by atoms with van der Waals surface area (Å²) in [5, 5.41) is 2.88. The van der Waals surface area contributed by atoms with Gasteiger partial charge in [-0.05, 0) is 78.7 Å². The van der Waals surface area contributed by atoms with Gasteiger partial charge >= 0.3 is 0 Å². The van der Waals surface area contributed by atoms with Gasteiger partial charge in [-0.2, -0.15) is 0 Å². The van der Waals surface area contributed by atoms with Gasteiger partial charge in [-0.15, -0.1) is 0 Å². The fourth-order valence-electron chi connectivity index (χ4n) is 5.23. The molecule has 5 aromatic rings. The predicted molar refractivity (Wildman–Crippen MR) is 191 cm³/mol. The van der Waals surface area contributed by atoms with Crippen LogP contribution in [0.4, 0.5) is 5.69 Å². The Balaban J connectivity index is 1.54. The van der Waals surface area contributed by atoms with E-state index in [9.17, 15) is 18.0 Å². The predicted octanol–water partition coefficient (Wildman–Crippen LogP) is 7.21. The molecule has 246 valence electrons. The molecule has 0 aliphatic rings. The molecule has 0 saturated carbocycles. The van der Waals surface area contributed by atoms with Gasteiger partial charge in [0.05, 0.1) is 10.6 Å². The summed E-state index contributed by atoms with van der Waals surface area (Å²) >= 11 is 3.50. The molecule has 1 N–H and O–H groups in total. The topological polar surface area (TPSA) is 96.0 Å². The summed E-state index contributed by atoms with van der Waals surface area (Å²) in [5.41, 5.74) is 1.91. The van der Waals surface area contributed by atoms with E-state index in [2.05, 4.69) is 21.2 Å². The normalized spacial score (nSPS) is 11.7. The molecule has 0 aliphatic heterocycles. The summed E-state index contributed by atoms with van der Waals surface area (Å²) in [4.78, 5) is 29.7. The Morgan fingerprint density at radius 3 is 1.96 bits per heavy atom. The van der Waals surface area contributed by atoms with Crippen LogP contribution in [0, 0.1) is 0 Å². The number of carbonyl (C=O) groups excluding carboxylic acids is 2. The van der Waals surface area contributed by atoms with Gasteiger partial charge < -0.3 is 15.0 Å². The Hall–Kier alpha value is -4.93. The fourth-order valence-corrected chi connectivity index (χ4v) is 7.11. The first-order valence-electron chi connectivity index (χ1n) is 15.5. The maximum absolute atomic E-state index is 14.5. The third-order valence-corrected chi connectivity index (χ3v) is 9.86. The summed E-state index contributed by atoms with van der Waals surface area (Å²) in [6.45, 7) is 1.72. The van der Waals surface area contributed by atoms with Crippen molar-refractivity contribution in [3.8, 4) is 11.5 Å². The molecule has 0 aromatic heterocycles. The zero-order valence-electron chi connectivity index (χ0n) is 26.4. The molecule has 0 bridgehead atoms. The van der Waals surface area contributed by atoms with Gasteiger partial charge in [0.25, 0.3) is 10.0 Å². The molecule has 0 heterocycles. The van der Waals surface area contributed by atoms with Crippen molar-refractivity contribution in [1.29, 1.82) is 0 Å². The number of amides is 2. The van der Waals surface area contributed by atoms with Gasteiger partial charge in [0, 0.05) is 24.0 Å². The van der Waals surface area contributed by atoms with Gasteiger partial charge in [-0.1, -0.05) is 94.8 Å². The molecule has 5 aromatic carbocycles. The standard InChI is InChI=1S/C38H36BrN3O5S/c1-2-40-38(44)36(26-29-13-6-3-7-14-29)41(27-30-15-12-16-31(39)25-30)37(43)28-42(48(45,46)35-19-10-5-11-20-35)32-21-23-34(24-22-32)47-33-17-8-4-9-18-33/h3-25,36H,2,26-28H2,1H3,(H,40,44)/t36-/m0/s1. The quantitative estimate of drug-likeness (QED) is 0.131. The van der Waals surface area contributed by atoms with Gasteiger partial charge in [-0.3, -0.25) is 13.9 Å². The van der Waals surface area contributed by atoms with Crippen LogP contribution in [0.5, 0.6) is 11.5 Å². The molecule has 0 radical (unpaired) electrons. The van der Waals surface area contributed by atoms with Crippen molar-refractivity contribution >= 4 is 43.5 Å². The van der Waals surface area contributed by atoms with Crippen LogP contribution in [0.2, 0.25) is 0 Å². The van der Waals surface area contributed by atoms with Crippen LogP contribution >= 0.6 is 15.9 Å². The second-order valence-corrected chi connectivity index (χ2v) is 13.8. The summed E-state index contributed by atoms with van der Waals surface area (Å²) < 4.78 is 36.2. The van der Waals surface area contributed by atoms with Crippen LogP contribution in [0.3, 0.4) is 0 Å². The number of ether oxygens (including phenoxy) is 1. The van der Waals surface area contributed by atoms with Crippen LogP contribution in [-0.4, -0.2) is 44.3 Å². The molecule has 1 atom stereocenters. The van der Waals surface area contributed by atoms with Gasteiger partial charge in [0.1, 0.15) is 24.1 Å². The second-order valence-electron chi connectivity index (χ2n) is 11.0. The van der Waals surface area contributed by atoms with Crippen molar-refractivity contribution < 1.29 is 22.7 Å². The highest BCUT2D eigenvalue weighted by Crippen LogP contribution is 2.29. The molecule has 0 unspecified atom stereocenters. The SMILES string of the molecule is CCNC(=O)[C@H](Cc1ccccc1)N(Cc1cccc(Br)c1)C(=O)CN(c1ccc(Oc2ccccc2)cc1)S(=O)(=O)c1ccccc1. The zero-order valence-corrected chi connectivity index (χ0v) is 28.8. The first kappa shape index (κ1) is 34.4. The Kier molecular flexibility index (Phi) is 11.7. The molecular weight excluding hydrogens is 690 g/mol. The van der Waals surface area contributed by atoms with E-state index in [1.807, 2.05) is 91.9 Å². The average molecular weight is 727 g/mol. The highest BCUT2D eigenvalue weighted by atomic mass is 79.9. The van der Waals surface area contributed by atoms with Crippen LogP contribution in [-0.2, 0) is 32.6 Å². The lowest BCUT2D eigenvalue weighted by Gasteiger charge is -2.34. The maximum Gasteiger partial charge on any atom is 0.264 e. The molecule has 0 fully saturated rings. The van der Waals surface area contributed by atoms with E-state index in [-0.39, 0.29) is 29.5 Å². The number of nitrogens with one attached hydrogen (secondary N) is 1. The van der Waals surface area contributed by atoms with Crippen LogP contribution < -0.4 is 14.4 Å². The highest BCUT2D eigenvalue weighted by molar-refractivity contribution is 9.10. The number of anilines is 1. The molecule has 8 nitrogen and oxygen atoms in total. The number of rotatable bonds is 14. The number of hydrogen-bond donors (Lipinski definition) is 1. The van der Waals surface area contributed by atoms with Crippen LogP contribution in [0.15, 0.2) is 149 Å². The van der Waals surface area contributed by atoms with Crippen molar-refractivity contribution in [2.45, 2.75) is 30.8 Å². The number of sulfonamides is 1. The minimum atomic E-state index is -4.21. The lowest BCUT2D eigenvalue weighted by molar-refractivity contribution is -0.140. The smallest absolute Gasteiger partial charge is 0.264 e. The average Bonchev–Trinajstić information content (AvgIpc) is 3.10. The van der Waals surface area contributed by atoms with Crippen molar-refractivity contribution in [1.82, 2.24) is 10.2 Å². The summed E-state index contributed by atoms with van der Waals surface area (Å²) in [7, 11) is -4.21. The zero-order chi connectivity index (χ0) is 33.9. The Bertz CT molecular complexity index is 1910. The molecule has 48 heavy (non-hydrogen) atoms. The fraction of sp³-hybridized carbons (Fsp3) is 0.158. The first-order valence-corrected chi connectivity index (χ1v) is 17.7. The number of hydrogen-bond acceptors (Lipinski definition) is 5. The van der Waals surface area contributed by atoms with E-state index in [1.54, 1.807) is 42.5 Å². The second kappa shape index (κ2) is 16.3. The molecule has 0 saturated heterocycles. The van der Waals surface area contributed by atoms with Crippen molar-refractivity contribution in [2.75, 3.05) is 17.4 Å². The molecule has 0 aliphatic carbocycles. The monoisotopic (exact) mass is 725 g/mol. The summed E-state index contributed by atoms with van der Waals surface area (Å²) in [5.74, 6) is 0.270. The number of likely N-dealkylation sites (N-methyl/N-ethyl adjacent to an activating group) is 1. The highest BCUT2D eigenvalue weighted by Gasteiger charge is 2.34. The third kappa shape index (κ3) is 8.90. The molecule has 2 amide bonds. The lowest BCUT2D eigenvalue weighted by atomic mass is 10.0. The van der Waals surface area contributed by atoms with Gasteiger partial charge in [-0.25, -0.2) is 8.42 Å². The van der Waals surface area contributed by atoms with Crippen LogP contribution in [0.25, 0.3) is 0 Å². The lowest BCUT2D eigenvalue weighted by Crippen LogP contribution is -2.53. The summed E-state index contributed by atoms with van der Waals surface area (Å²) in [6, 6.07) is 39.7. The van der Waals surface area contributed by atoms with E-state index in [0.29, 0.717) is 18.0 Å². The van der Waals surface area contributed by atoms with E-state index in [1.165, 1.54) is 17.0 Å². The number of carbonyl (C=O) groups is 2. The Labute approximate surface area is 290 Å². The number of halogens is 1. The van der Waals surface area contributed by atoms with Crippen molar-refractivity contribution in [3.63, 3.8) is 0 Å². The molecule has 0 spiro atoms. The number of benzene rings is 5.